The Morgan fingerprint density at radius 1 is 0.732 bits per heavy atom. The van der Waals surface area contributed by atoms with Crippen LogP contribution >= 0.6 is 11.8 Å². The summed E-state index contributed by atoms with van der Waals surface area (Å²) in [5, 5.41) is 9.03. The van der Waals surface area contributed by atoms with Gasteiger partial charge in [-0.05, 0) is 61.8 Å². The van der Waals surface area contributed by atoms with Crippen LogP contribution in [-0.2, 0) is 20.9 Å². The van der Waals surface area contributed by atoms with E-state index in [0.29, 0.717) is 32.4 Å². The fraction of sp³-hybridized carbons (Fsp3) is 0.758. The minimum Gasteiger partial charge on any atom is -0.354 e. The molecular weight excluding hydrogens is 532 g/mol. The molecule has 0 aliphatic heterocycles. The van der Waals surface area contributed by atoms with E-state index in [1.165, 1.54) is 44.9 Å². The molecule has 0 radical (unpaired) electrons. The Labute approximate surface area is 254 Å². The Hall–Kier alpha value is -2.09. The van der Waals surface area contributed by atoms with Gasteiger partial charge >= 0.3 is 0 Å². The monoisotopic (exact) mass is 590 g/mol. The Morgan fingerprint density at radius 2 is 1.29 bits per heavy atom. The van der Waals surface area contributed by atoms with Gasteiger partial charge in [0.2, 0.25) is 17.7 Å². The molecule has 0 bridgehead atoms. The summed E-state index contributed by atoms with van der Waals surface area (Å²) in [6.07, 6.45) is 25.3. The zero-order chi connectivity index (χ0) is 29.8. The number of carbonyl (C=O) groups excluding carboxylic acids is 3. The Bertz CT molecular complexity index is 794. The zero-order valence-corrected chi connectivity index (χ0v) is 26.8. The van der Waals surface area contributed by atoms with Gasteiger partial charge in [0.15, 0.2) is 0 Å². The topological polar surface area (TPSA) is 100 Å². The van der Waals surface area contributed by atoms with Crippen molar-refractivity contribution in [1.82, 2.24) is 20.9 Å². The maximum absolute atomic E-state index is 12.8. The van der Waals surface area contributed by atoms with E-state index in [1.807, 2.05) is 12.1 Å². The highest BCUT2D eigenvalue weighted by Gasteiger charge is 2.19. The second-order valence-electron chi connectivity index (χ2n) is 11.1. The van der Waals surface area contributed by atoms with E-state index < -0.39 is 6.04 Å². The first-order valence-electron chi connectivity index (χ1n) is 16.3. The maximum Gasteiger partial charge on any atom is 0.242 e. The molecule has 0 saturated carbocycles. The molecule has 1 heterocycles. The molecule has 41 heavy (non-hydrogen) atoms. The summed E-state index contributed by atoms with van der Waals surface area (Å²) < 4.78 is 0. The molecule has 1 aromatic heterocycles. The van der Waals surface area contributed by atoms with Gasteiger partial charge in [0.1, 0.15) is 6.04 Å². The summed E-state index contributed by atoms with van der Waals surface area (Å²) in [4.78, 5) is 41.2. The van der Waals surface area contributed by atoms with Crippen molar-refractivity contribution >= 4 is 29.5 Å². The predicted molar refractivity (Wildman–Crippen MR) is 173 cm³/mol. The van der Waals surface area contributed by atoms with Crippen LogP contribution in [0.5, 0.6) is 0 Å². The number of nitrogens with zero attached hydrogens (tertiary/aromatic N) is 1. The van der Waals surface area contributed by atoms with Crippen LogP contribution in [-0.4, -0.2) is 47.3 Å². The number of hydrogen-bond acceptors (Lipinski definition) is 5. The van der Waals surface area contributed by atoms with Crippen molar-refractivity contribution in [3.05, 3.63) is 30.1 Å². The number of hydrogen-bond donors (Lipinski definition) is 3. The van der Waals surface area contributed by atoms with Crippen molar-refractivity contribution in [3.8, 4) is 0 Å². The van der Waals surface area contributed by atoms with Crippen LogP contribution < -0.4 is 16.0 Å². The largest absolute Gasteiger partial charge is 0.354 e. The Balaban J connectivity index is 2.06. The van der Waals surface area contributed by atoms with E-state index in [9.17, 15) is 14.4 Å². The summed E-state index contributed by atoms with van der Waals surface area (Å²) >= 11 is 1.77. The molecule has 0 aliphatic rings. The molecule has 0 aromatic carbocycles. The van der Waals surface area contributed by atoms with Gasteiger partial charge in [-0.15, -0.1) is 0 Å². The van der Waals surface area contributed by atoms with Crippen LogP contribution in [0.3, 0.4) is 0 Å². The SMILES string of the molecule is CCCCCCCCCC(=O)NC(CCCSC)C(=O)NCCCCCCCCCCC(=O)NCc1ccncc1. The number of rotatable bonds is 27. The van der Waals surface area contributed by atoms with Crippen molar-refractivity contribution < 1.29 is 14.4 Å². The average molecular weight is 591 g/mol. The Kier molecular flexibility index (Phi) is 24.1. The van der Waals surface area contributed by atoms with Gasteiger partial charge in [0.05, 0.1) is 0 Å². The minimum atomic E-state index is -0.420. The van der Waals surface area contributed by atoms with Crippen molar-refractivity contribution in [2.75, 3.05) is 18.6 Å². The van der Waals surface area contributed by atoms with E-state index in [0.717, 1.165) is 69.1 Å². The summed E-state index contributed by atoms with van der Waals surface area (Å²) in [6.45, 7) is 3.45. The second-order valence-corrected chi connectivity index (χ2v) is 12.1. The second kappa shape index (κ2) is 26.8. The molecule has 0 fully saturated rings. The van der Waals surface area contributed by atoms with Crippen molar-refractivity contribution in [2.24, 2.45) is 0 Å². The number of nitrogens with one attached hydrogen (secondary N) is 3. The highest BCUT2D eigenvalue weighted by Crippen LogP contribution is 2.11. The van der Waals surface area contributed by atoms with Crippen molar-refractivity contribution in [3.63, 3.8) is 0 Å². The third-order valence-electron chi connectivity index (χ3n) is 7.37. The van der Waals surface area contributed by atoms with Crippen LogP contribution in [0.1, 0.15) is 134 Å². The molecule has 1 aromatic rings. The van der Waals surface area contributed by atoms with E-state index in [4.69, 9.17) is 0 Å². The quantitative estimate of drug-likeness (QED) is 0.0950. The molecule has 3 amide bonds. The summed E-state index contributed by atoms with van der Waals surface area (Å²) in [6, 6.07) is 3.41. The van der Waals surface area contributed by atoms with Gasteiger partial charge in [0.25, 0.3) is 0 Å². The molecule has 0 spiro atoms. The third kappa shape index (κ3) is 22.2. The smallest absolute Gasteiger partial charge is 0.242 e. The first-order chi connectivity index (χ1) is 20.1. The predicted octanol–water partition coefficient (Wildman–Crippen LogP) is 7.09. The fourth-order valence-electron chi connectivity index (χ4n) is 4.81. The number of unbranched alkanes of at least 4 members (excludes halogenated alkanes) is 13. The molecule has 1 unspecified atom stereocenters. The normalized spacial score (nSPS) is 11.7. The summed E-state index contributed by atoms with van der Waals surface area (Å²) in [5.74, 6) is 1.08. The van der Waals surface area contributed by atoms with Gasteiger partial charge in [-0.1, -0.05) is 84.0 Å². The van der Waals surface area contributed by atoms with E-state index >= 15 is 0 Å². The first-order valence-corrected chi connectivity index (χ1v) is 17.7. The number of aromatic nitrogens is 1. The van der Waals surface area contributed by atoms with Gasteiger partial charge in [-0.2, -0.15) is 11.8 Å². The highest BCUT2D eigenvalue weighted by molar-refractivity contribution is 7.98. The molecule has 234 valence electrons. The molecule has 8 heteroatoms. The lowest BCUT2D eigenvalue weighted by atomic mass is 10.1. The number of thioether (sulfide) groups is 1. The lowest BCUT2D eigenvalue weighted by Crippen LogP contribution is -2.47. The molecule has 3 N–H and O–H groups in total. The van der Waals surface area contributed by atoms with Gasteiger partial charge < -0.3 is 16.0 Å². The molecular formula is C33H58N4O3S. The number of amides is 3. The molecule has 0 saturated heterocycles. The fourth-order valence-corrected chi connectivity index (χ4v) is 5.26. The van der Waals surface area contributed by atoms with Crippen LogP contribution in [0.15, 0.2) is 24.5 Å². The standard InChI is InChI=1S/C33H58N4O3S/c1-3-4-5-6-9-13-16-21-32(39)37-30(19-18-27-41-2)33(40)35-24-17-14-11-8-7-10-12-15-20-31(38)36-28-29-22-25-34-26-23-29/h22-23,25-26,30H,3-21,24,27-28H2,1-2H3,(H,35,40)(H,36,38)(H,37,39). The summed E-state index contributed by atoms with van der Waals surface area (Å²) in [5.41, 5.74) is 1.07. The van der Waals surface area contributed by atoms with E-state index in [1.54, 1.807) is 24.2 Å². The van der Waals surface area contributed by atoms with Gasteiger partial charge in [0, 0.05) is 38.3 Å². The van der Waals surface area contributed by atoms with E-state index in [-0.39, 0.29) is 17.7 Å². The van der Waals surface area contributed by atoms with Crippen LogP contribution in [0.25, 0.3) is 0 Å². The van der Waals surface area contributed by atoms with Gasteiger partial charge in [-0.3, -0.25) is 19.4 Å². The lowest BCUT2D eigenvalue weighted by Gasteiger charge is -2.18. The van der Waals surface area contributed by atoms with Crippen LogP contribution in [0.4, 0.5) is 0 Å². The summed E-state index contributed by atoms with van der Waals surface area (Å²) in [7, 11) is 0. The number of pyridine rings is 1. The van der Waals surface area contributed by atoms with Gasteiger partial charge in [-0.25, -0.2) is 0 Å². The minimum absolute atomic E-state index is 0.00782. The molecule has 1 atom stereocenters. The maximum atomic E-state index is 12.8. The molecule has 7 nitrogen and oxygen atoms in total. The highest BCUT2D eigenvalue weighted by atomic mass is 32.2. The average Bonchev–Trinajstić information content (AvgIpc) is 2.98. The first kappa shape index (κ1) is 36.9. The number of carbonyl (C=O) groups is 3. The third-order valence-corrected chi connectivity index (χ3v) is 8.07. The molecule has 0 aliphatic carbocycles. The van der Waals surface area contributed by atoms with Crippen LogP contribution in [0.2, 0.25) is 0 Å². The Morgan fingerprint density at radius 3 is 1.90 bits per heavy atom. The van der Waals surface area contributed by atoms with Crippen molar-refractivity contribution in [2.45, 2.75) is 142 Å². The van der Waals surface area contributed by atoms with E-state index in [2.05, 4.69) is 34.1 Å². The van der Waals surface area contributed by atoms with Crippen molar-refractivity contribution in [1.29, 1.82) is 0 Å². The molecule has 1 rings (SSSR count). The lowest BCUT2D eigenvalue weighted by molar-refractivity contribution is -0.129. The zero-order valence-electron chi connectivity index (χ0n) is 26.0. The van der Waals surface area contributed by atoms with Crippen LogP contribution in [0, 0.1) is 0 Å².